The molecule has 1 aromatic heterocycles. The third-order valence-electron chi connectivity index (χ3n) is 5.66. The number of fused-ring (bicyclic) bond motifs is 1. The van der Waals surface area contributed by atoms with E-state index in [4.69, 9.17) is 5.73 Å². The summed E-state index contributed by atoms with van der Waals surface area (Å²) in [6.07, 6.45) is 12.3. The fourth-order valence-electron chi connectivity index (χ4n) is 4.43. The molecule has 0 spiro atoms. The zero-order chi connectivity index (χ0) is 14.8. The van der Waals surface area contributed by atoms with Crippen LogP contribution in [0.4, 0.5) is 0 Å². The van der Waals surface area contributed by atoms with Crippen LogP contribution in [-0.4, -0.2) is 33.8 Å². The highest BCUT2D eigenvalue weighted by Gasteiger charge is 2.36. The standard InChI is InChI=1S/C17H30N4/c1-3-16(18)17(15-10-19-20(2)11-15)21-9-8-13-6-4-5-7-14(13)12-21/h10-11,13-14,16-17H,3-9,12,18H2,1-2H3. The van der Waals surface area contributed by atoms with Gasteiger partial charge >= 0.3 is 0 Å². The van der Waals surface area contributed by atoms with Gasteiger partial charge in [0.05, 0.1) is 12.2 Å². The monoisotopic (exact) mass is 290 g/mol. The van der Waals surface area contributed by atoms with Crippen molar-refractivity contribution in [3.05, 3.63) is 18.0 Å². The molecule has 4 nitrogen and oxygen atoms in total. The Morgan fingerprint density at radius 2 is 2.05 bits per heavy atom. The Bertz CT molecular complexity index is 455. The van der Waals surface area contributed by atoms with Gasteiger partial charge in [-0.05, 0) is 37.6 Å². The lowest BCUT2D eigenvalue weighted by atomic mass is 9.74. The molecule has 0 bridgehead atoms. The molecule has 1 saturated heterocycles. The molecule has 4 atom stereocenters. The van der Waals surface area contributed by atoms with Gasteiger partial charge in [0, 0.05) is 31.4 Å². The lowest BCUT2D eigenvalue weighted by molar-refractivity contribution is 0.0470. The van der Waals surface area contributed by atoms with Crippen molar-refractivity contribution in [1.82, 2.24) is 14.7 Å². The maximum absolute atomic E-state index is 6.48. The van der Waals surface area contributed by atoms with Crippen LogP contribution in [0.3, 0.4) is 0 Å². The highest BCUT2D eigenvalue weighted by molar-refractivity contribution is 5.14. The lowest BCUT2D eigenvalue weighted by Gasteiger charge is -2.45. The van der Waals surface area contributed by atoms with E-state index in [1.54, 1.807) is 0 Å². The summed E-state index contributed by atoms with van der Waals surface area (Å²) in [4.78, 5) is 2.65. The average Bonchev–Trinajstić information content (AvgIpc) is 2.93. The van der Waals surface area contributed by atoms with Crippen LogP contribution in [0.2, 0.25) is 0 Å². The van der Waals surface area contributed by atoms with Gasteiger partial charge in [0.1, 0.15) is 0 Å². The Hall–Kier alpha value is -0.870. The minimum absolute atomic E-state index is 0.203. The predicted molar refractivity (Wildman–Crippen MR) is 85.9 cm³/mol. The maximum atomic E-state index is 6.48. The van der Waals surface area contributed by atoms with E-state index < -0.39 is 0 Å². The number of nitrogens with zero attached hydrogens (tertiary/aromatic N) is 3. The van der Waals surface area contributed by atoms with E-state index in [2.05, 4.69) is 23.1 Å². The minimum Gasteiger partial charge on any atom is -0.326 e. The Balaban J connectivity index is 1.77. The lowest BCUT2D eigenvalue weighted by Crippen LogP contribution is -2.48. The summed E-state index contributed by atoms with van der Waals surface area (Å²) in [7, 11) is 1.99. The molecule has 1 aromatic rings. The van der Waals surface area contributed by atoms with Gasteiger partial charge in [-0.3, -0.25) is 9.58 Å². The zero-order valence-electron chi connectivity index (χ0n) is 13.5. The quantitative estimate of drug-likeness (QED) is 0.927. The number of rotatable bonds is 4. The number of aryl methyl sites for hydroxylation is 1. The van der Waals surface area contributed by atoms with Crippen molar-refractivity contribution < 1.29 is 0 Å². The summed E-state index contributed by atoms with van der Waals surface area (Å²) in [5.74, 6) is 1.87. The van der Waals surface area contributed by atoms with Crippen molar-refractivity contribution >= 4 is 0 Å². The summed E-state index contributed by atoms with van der Waals surface area (Å²) >= 11 is 0. The zero-order valence-corrected chi connectivity index (χ0v) is 13.5. The van der Waals surface area contributed by atoms with Crippen LogP contribution in [0, 0.1) is 11.8 Å². The van der Waals surface area contributed by atoms with E-state index in [9.17, 15) is 0 Å². The van der Waals surface area contributed by atoms with Crippen LogP contribution in [0.25, 0.3) is 0 Å². The average molecular weight is 290 g/mol. The van der Waals surface area contributed by atoms with Gasteiger partial charge in [0.2, 0.25) is 0 Å². The van der Waals surface area contributed by atoms with E-state index in [0.717, 1.165) is 18.3 Å². The topological polar surface area (TPSA) is 47.1 Å². The number of piperidine rings is 1. The van der Waals surface area contributed by atoms with Crippen LogP contribution in [0.1, 0.15) is 57.1 Å². The van der Waals surface area contributed by atoms with E-state index >= 15 is 0 Å². The Kier molecular flexibility index (Phi) is 4.65. The molecule has 0 radical (unpaired) electrons. The van der Waals surface area contributed by atoms with E-state index in [-0.39, 0.29) is 6.04 Å². The number of hydrogen-bond donors (Lipinski definition) is 1. The molecule has 118 valence electrons. The molecule has 0 amide bonds. The summed E-state index contributed by atoms with van der Waals surface area (Å²) in [5, 5.41) is 4.36. The van der Waals surface area contributed by atoms with Gasteiger partial charge < -0.3 is 5.73 Å². The summed E-state index contributed by atoms with van der Waals surface area (Å²) in [6, 6.07) is 0.543. The van der Waals surface area contributed by atoms with Crippen molar-refractivity contribution in [3.63, 3.8) is 0 Å². The molecule has 2 heterocycles. The van der Waals surface area contributed by atoms with Crippen molar-refractivity contribution in [1.29, 1.82) is 0 Å². The molecule has 3 rings (SSSR count). The van der Waals surface area contributed by atoms with E-state index in [1.807, 2.05) is 17.9 Å². The summed E-state index contributed by atoms with van der Waals surface area (Å²) in [6.45, 7) is 4.63. The van der Waals surface area contributed by atoms with Crippen molar-refractivity contribution in [2.75, 3.05) is 13.1 Å². The van der Waals surface area contributed by atoms with Gasteiger partial charge in [-0.25, -0.2) is 0 Å². The number of hydrogen-bond acceptors (Lipinski definition) is 3. The smallest absolute Gasteiger partial charge is 0.0538 e. The van der Waals surface area contributed by atoms with Crippen LogP contribution in [-0.2, 0) is 7.05 Å². The fraction of sp³-hybridized carbons (Fsp3) is 0.824. The predicted octanol–water partition coefficient (Wildman–Crippen LogP) is 2.71. The number of nitrogens with two attached hydrogens (primary N) is 1. The molecule has 2 N–H and O–H groups in total. The highest BCUT2D eigenvalue weighted by atomic mass is 15.3. The van der Waals surface area contributed by atoms with Crippen LogP contribution < -0.4 is 5.73 Å². The second-order valence-corrected chi connectivity index (χ2v) is 7.05. The van der Waals surface area contributed by atoms with Gasteiger partial charge in [0.25, 0.3) is 0 Å². The van der Waals surface area contributed by atoms with Crippen molar-refractivity contribution in [3.8, 4) is 0 Å². The maximum Gasteiger partial charge on any atom is 0.0538 e. The molecule has 2 aliphatic rings. The van der Waals surface area contributed by atoms with Crippen molar-refractivity contribution in [2.24, 2.45) is 24.6 Å². The Morgan fingerprint density at radius 1 is 1.29 bits per heavy atom. The first-order valence-corrected chi connectivity index (χ1v) is 8.67. The third kappa shape index (κ3) is 3.16. The first-order chi connectivity index (χ1) is 10.2. The molecule has 1 saturated carbocycles. The molecular formula is C17H30N4. The molecule has 1 aliphatic heterocycles. The SMILES string of the molecule is CCC(N)C(c1cnn(C)c1)N1CCC2CCCCC2C1. The first kappa shape index (κ1) is 15.0. The highest BCUT2D eigenvalue weighted by Crippen LogP contribution is 2.39. The second-order valence-electron chi connectivity index (χ2n) is 7.05. The molecule has 21 heavy (non-hydrogen) atoms. The van der Waals surface area contributed by atoms with Gasteiger partial charge in [0.15, 0.2) is 0 Å². The number of aromatic nitrogens is 2. The third-order valence-corrected chi connectivity index (χ3v) is 5.66. The van der Waals surface area contributed by atoms with Crippen LogP contribution in [0.5, 0.6) is 0 Å². The van der Waals surface area contributed by atoms with Gasteiger partial charge in [-0.2, -0.15) is 5.10 Å². The summed E-state index contributed by atoms with van der Waals surface area (Å²) in [5.41, 5.74) is 7.77. The van der Waals surface area contributed by atoms with Crippen LogP contribution >= 0.6 is 0 Å². The Morgan fingerprint density at radius 3 is 2.71 bits per heavy atom. The first-order valence-electron chi connectivity index (χ1n) is 8.67. The molecular weight excluding hydrogens is 260 g/mol. The minimum atomic E-state index is 0.203. The number of likely N-dealkylation sites (tertiary alicyclic amines) is 1. The van der Waals surface area contributed by atoms with Crippen LogP contribution in [0.15, 0.2) is 12.4 Å². The second kappa shape index (κ2) is 6.49. The summed E-state index contributed by atoms with van der Waals surface area (Å²) < 4.78 is 1.90. The molecule has 2 fully saturated rings. The normalized spacial score (nSPS) is 29.9. The molecule has 1 aliphatic carbocycles. The molecule has 0 aromatic carbocycles. The van der Waals surface area contributed by atoms with Gasteiger partial charge in [-0.15, -0.1) is 0 Å². The molecule has 4 unspecified atom stereocenters. The van der Waals surface area contributed by atoms with E-state index in [0.29, 0.717) is 6.04 Å². The Labute approximate surface area is 128 Å². The van der Waals surface area contributed by atoms with Gasteiger partial charge in [-0.1, -0.05) is 26.2 Å². The van der Waals surface area contributed by atoms with Crippen molar-refractivity contribution in [2.45, 2.75) is 57.5 Å². The fourth-order valence-corrected chi connectivity index (χ4v) is 4.43. The largest absolute Gasteiger partial charge is 0.326 e. The molecule has 4 heteroatoms. The van der Waals surface area contributed by atoms with E-state index in [1.165, 1.54) is 50.8 Å².